The zero-order chi connectivity index (χ0) is 19.7. The quantitative estimate of drug-likeness (QED) is 0.670. The molecule has 2 heterocycles. The van der Waals surface area contributed by atoms with Gasteiger partial charge in [0, 0.05) is 24.6 Å². The molecule has 2 N–H and O–H groups in total. The zero-order valence-corrected chi connectivity index (χ0v) is 17.4. The predicted octanol–water partition coefficient (Wildman–Crippen LogP) is 4.34. The minimum absolute atomic E-state index is 0. The van der Waals surface area contributed by atoms with Gasteiger partial charge in [-0.3, -0.25) is 4.90 Å². The Bertz CT molecular complexity index is 949. The molecule has 1 unspecified atom stereocenters. The summed E-state index contributed by atoms with van der Waals surface area (Å²) in [7, 11) is 0. The Morgan fingerprint density at radius 1 is 1.21 bits per heavy atom. The average molecular weight is 417 g/mol. The van der Waals surface area contributed by atoms with E-state index >= 15 is 0 Å². The monoisotopic (exact) mass is 416 g/mol. The van der Waals surface area contributed by atoms with Gasteiger partial charge < -0.3 is 10.3 Å². The van der Waals surface area contributed by atoms with E-state index in [1.165, 1.54) is 11.6 Å². The molecule has 1 aliphatic rings. The van der Waals surface area contributed by atoms with Crippen molar-refractivity contribution in [2.75, 3.05) is 19.6 Å². The number of benzene rings is 2. The summed E-state index contributed by atoms with van der Waals surface area (Å²) < 4.78 is 19.1. The van der Waals surface area contributed by atoms with Gasteiger partial charge in [-0.05, 0) is 55.6 Å². The molecule has 29 heavy (non-hydrogen) atoms. The molecular formula is C22H26ClFN4O. The van der Waals surface area contributed by atoms with Crippen LogP contribution in [0.2, 0.25) is 0 Å². The second-order valence-electron chi connectivity index (χ2n) is 7.56. The van der Waals surface area contributed by atoms with E-state index in [1.54, 1.807) is 19.1 Å². The molecule has 7 heteroatoms. The lowest BCUT2D eigenvalue weighted by atomic mass is 9.89. The third-order valence-electron chi connectivity index (χ3n) is 5.76. The fourth-order valence-corrected chi connectivity index (χ4v) is 4.00. The Labute approximate surface area is 176 Å². The van der Waals surface area contributed by atoms with Crippen LogP contribution in [-0.4, -0.2) is 34.7 Å². The maximum atomic E-state index is 13.5. The molecular weight excluding hydrogens is 391 g/mol. The predicted molar refractivity (Wildman–Crippen MR) is 113 cm³/mol. The number of rotatable bonds is 5. The highest BCUT2D eigenvalue weighted by molar-refractivity contribution is 5.85. The van der Waals surface area contributed by atoms with Gasteiger partial charge in [-0.15, -0.1) is 12.4 Å². The summed E-state index contributed by atoms with van der Waals surface area (Å²) in [6, 6.07) is 15.4. The molecule has 1 saturated heterocycles. The summed E-state index contributed by atoms with van der Waals surface area (Å²) in [5.41, 5.74) is 8.70. The largest absolute Gasteiger partial charge is 0.337 e. The molecule has 0 spiro atoms. The van der Waals surface area contributed by atoms with E-state index in [0.29, 0.717) is 35.7 Å². The van der Waals surface area contributed by atoms with Crippen LogP contribution in [0, 0.1) is 18.7 Å². The molecule has 1 aromatic heterocycles. The molecule has 5 nitrogen and oxygen atoms in total. The van der Waals surface area contributed by atoms with Crippen LogP contribution in [0.5, 0.6) is 0 Å². The third kappa shape index (κ3) is 4.34. The maximum Gasteiger partial charge on any atom is 0.244 e. The van der Waals surface area contributed by atoms with Crippen molar-refractivity contribution in [1.29, 1.82) is 0 Å². The van der Waals surface area contributed by atoms with Crippen LogP contribution in [-0.2, 0) is 0 Å². The first-order valence-corrected chi connectivity index (χ1v) is 9.66. The van der Waals surface area contributed by atoms with Crippen molar-refractivity contribution in [3.63, 3.8) is 0 Å². The van der Waals surface area contributed by atoms with Gasteiger partial charge in [-0.25, -0.2) is 4.39 Å². The van der Waals surface area contributed by atoms with Crippen molar-refractivity contribution in [2.45, 2.75) is 25.8 Å². The smallest absolute Gasteiger partial charge is 0.244 e. The first-order valence-electron chi connectivity index (χ1n) is 9.66. The van der Waals surface area contributed by atoms with Crippen LogP contribution in [0.1, 0.15) is 35.9 Å². The van der Waals surface area contributed by atoms with E-state index in [9.17, 15) is 4.39 Å². The number of hydrogen-bond acceptors (Lipinski definition) is 5. The number of nitrogens with two attached hydrogens (primary N) is 1. The van der Waals surface area contributed by atoms with Crippen LogP contribution >= 0.6 is 12.4 Å². The van der Waals surface area contributed by atoms with Crippen LogP contribution in [0.3, 0.4) is 0 Å². The van der Waals surface area contributed by atoms with Crippen molar-refractivity contribution >= 4 is 12.4 Å². The second-order valence-corrected chi connectivity index (χ2v) is 7.56. The van der Waals surface area contributed by atoms with Crippen LogP contribution < -0.4 is 5.73 Å². The molecule has 3 atom stereocenters. The molecule has 1 fully saturated rings. The normalized spacial score (nSPS) is 20.4. The van der Waals surface area contributed by atoms with Gasteiger partial charge in [0.15, 0.2) is 0 Å². The van der Waals surface area contributed by atoms with Gasteiger partial charge in [-0.2, -0.15) is 4.98 Å². The maximum absolute atomic E-state index is 13.5. The van der Waals surface area contributed by atoms with E-state index in [0.717, 1.165) is 18.7 Å². The van der Waals surface area contributed by atoms with Gasteiger partial charge in [-0.1, -0.05) is 35.5 Å². The van der Waals surface area contributed by atoms with E-state index in [4.69, 9.17) is 10.3 Å². The molecule has 0 aliphatic carbocycles. The molecule has 0 amide bonds. The van der Waals surface area contributed by atoms with Crippen molar-refractivity contribution < 1.29 is 8.91 Å². The molecule has 4 rings (SSSR count). The highest BCUT2D eigenvalue weighted by Gasteiger charge is 2.36. The third-order valence-corrected chi connectivity index (χ3v) is 5.76. The van der Waals surface area contributed by atoms with Gasteiger partial charge >= 0.3 is 0 Å². The second kappa shape index (κ2) is 9.03. The number of halogens is 2. The fourth-order valence-electron chi connectivity index (χ4n) is 4.00. The van der Waals surface area contributed by atoms with Crippen LogP contribution in [0.25, 0.3) is 11.4 Å². The lowest BCUT2D eigenvalue weighted by Crippen LogP contribution is -2.26. The summed E-state index contributed by atoms with van der Waals surface area (Å²) >= 11 is 0. The summed E-state index contributed by atoms with van der Waals surface area (Å²) in [4.78, 5) is 6.92. The fraction of sp³-hybridized carbons (Fsp3) is 0.364. The summed E-state index contributed by atoms with van der Waals surface area (Å²) in [6.07, 6.45) is 0. The van der Waals surface area contributed by atoms with Gasteiger partial charge in [0.1, 0.15) is 5.82 Å². The Morgan fingerprint density at radius 3 is 2.66 bits per heavy atom. The minimum Gasteiger partial charge on any atom is -0.337 e. The molecule has 154 valence electrons. The van der Waals surface area contributed by atoms with Crippen molar-refractivity contribution in [3.05, 3.63) is 71.4 Å². The Kier molecular flexibility index (Phi) is 6.67. The highest BCUT2D eigenvalue weighted by atomic mass is 35.5. The number of hydrogen-bond donors (Lipinski definition) is 1. The highest BCUT2D eigenvalue weighted by Crippen LogP contribution is 2.36. The lowest BCUT2D eigenvalue weighted by molar-refractivity contribution is 0.202. The standard InChI is InChI=1S/C22H25FN4O.ClH/c1-14-10-17(8-9-20(14)23)21-25-22(28-26-21)15(2)27-12-18(11-24)19(13-27)16-6-4-3-5-7-16;/h3-10,15,18-19H,11-13,24H2,1-2H3;1H/t15?,18-,19+;/m1./s1. The molecule has 1 aliphatic heterocycles. The molecule has 3 aromatic rings. The van der Waals surface area contributed by atoms with E-state index in [1.807, 2.05) is 6.07 Å². The Balaban J connectivity index is 0.00000240. The van der Waals surface area contributed by atoms with Crippen molar-refractivity contribution in [2.24, 2.45) is 11.7 Å². The van der Waals surface area contributed by atoms with Gasteiger partial charge in [0.25, 0.3) is 0 Å². The number of aromatic nitrogens is 2. The van der Waals surface area contributed by atoms with E-state index < -0.39 is 0 Å². The van der Waals surface area contributed by atoms with E-state index in [-0.39, 0.29) is 24.3 Å². The molecule has 2 aromatic carbocycles. The summed E-state index contributed by atoms with van der Waals surface area (Å²) in [5.74, 6) is 1.61. The van der Waals surface area contributed by atoms with E-state index in [2.05, 4.69) is 46.2 Å². The van der Waals surface area contributed by atoms with Gasteiger partial charge in [0.2, 0.25) is 11.7 Å². The molecule has 0 bridgehead atoms. The SMILES string of the molecule is Cc1cc(-c2noc(C(C)N3C[C@@H](CN)[C@H](c4ccccc4)C3)n2)ccc1F.Cl. The van der Waals surface area contributed by atoms with Crippen molar-refractivity contribution in [1.82, 2.24) is 15.0 Å². The summed E-state index contributed by atoms with van der Waals surface area (Å²) in [6.45, 7) is 6.25. The topological polar surface area (TPSA) is 68.2 Å². The van der Waals surface area contributed by atoms with Crippen molar-refractivity contribution in [3.8, 4) is 11.4 Å². The first kappa shape index (κ1) is 21.4. The number of likely N-dealkylation sites (tertiary alicyclic amines) is 1. The number of aryl methyl sites for hydroxylation is 1. The van der Waals surface area contributed by atoms with Crippen LogP contribution in [0.4, 0.5) is 4.39 Å². The Hall–Kier alpha value is -2.28. The molecule has 0 saturated carbocycles. The average Bonchev–Trinajstić information content (AvgIpc) is 3.37. The lowest BCUT2D eigenvalue weighted by Gasteiger charge is -2.21. The Morgan fingerprint density at radius 2 is 1.97 bits per heavy atom. The minimum atomic E-state index is -0.238. The first-order chi connectivity index (χ1) is 13.6. The van der Waals surface area contributed by atoms with Crippen LogP contribution in [0.15, 0.2) is 53.1 Å². The molecule has 0 radical (unpaired) electrons. The number of nitrogens with zero attached hydrogens (tertiary/aromatic N) is 3. The van der Waals surface area contributed by atoms with Gasteiger partial charge in [0.05, 0.1) is 6.04 Å². The summed E-state index contributed by atoms with van der Waals surface area (Å²) in [5, 5.41) is 4.11. The zero-order valence-electron chi connectivity index (χ0n) is 16.6.